The largest absolute Gasteiger partial charge is 0.497 e. The van der Waals surface area contributed by atoms with Crippen LogP contribution in [0.25, 0.3) is 0 Å². The zero-order valence-electron chi connectivity index (χ0n) is 15.4. The third-order valence-electron chi connectivity index (χ3n) is 3.41. The van der Waals surface area contributed by atoms with E-state index < -0.39 is 0 Å². The minimum absolute atomic E-state index is 0.150. The third kappa shape index (κ3) is 5.64. The van der Waals surface area contributed by atoms with Crippen molar-refractivity contribution in [3.8, 4) is 11.5 Å². The summed E-state index contributed by atoms with van der Waals surface area (Å²) in [6.07, 6.45) is 1.62. The summed E-state index contributed by atoms with van der Waals surface area (Å²) in [7, 11) is 3.30. The monoisotopic (exact) mass is 339 g/mol. The molecule has 0 aliphatic heterocycles. The molecule has 0 bridgehead atoms. The number of hydrazone groups is 1. The fourth-order valence-corrected chi connectivity index (χ4v) is 2.11. The Hall–Kier alpha value is -2.82. The van der Waals surface area contributed by atoms with Gasteiger partial charge in [-0.3, -0.25) is 10.4 Å². The van der Waals surface area contributed by atoms with Gasteiger partial charge in [-0.05, 0) is 69.3 Å². The van der Waals surface area contributed by atoms with Crippen molar-refractivity contribution in [3.63, 3.8) is 0 Å². The number of hydrogen-bond donors (Lipinski definition) is 1. The second-order valence-electron chi connectivity index (χ2n) is 6.48. The Morgan fingerprint density at radius 1 is 0.840 bits per heavy atom. The fourth-order valence-electron chi connectivity index (χ4n) is 2.11. The number of ether oxygens (including phenoxy) is 2. The summed E-state index contributed by atoms with van der Waals surface area (Å²) in [5, 5.41) is 4.51. The Bertz CT molecular complexity index is 678. The molecule has 0 spiro atoms. The predicted molar refractivity (Wildman–Crippen MR) is 103 cm³/mol. The van der Waals surface area contributed by atoms with Crippen LogP contribution in [0.2, 0.25) is 0 Å². The van der Waals surface area contributed by atoms with Gasteiger partial charge in [0.05, 0.1) is 25.5 Å². The molecule has 0 unspecified atom stereocenters. The molecular weight excluding hydrogens is 314 g/mol. The van der Waals surface area contributed by atoms with Crippen LogP contribution in [0.1, 0.15) is 31.9 Å². The summed E-state index contributed by atoms with van der Waals surface area (Å²) in [4.78, 5) is 4.39. The second kappa shape index (κ2) is 8.33. The van der Waals surface area contributed by atoms with Gasteiger partial charge in [-0.25, -0.2) is 0 Å². The van der Waals surface area contributed by atoms with E-state index in [0.717, 1.165) is 28.3 Å². The molecule has 2 aromatic rings. The Kier molecular flexibility index (Phi) is 6.17. The molecule has 5 heteroatoms. The van der Waals surface area contributed by atoms with Gasteiger partial charge < -0.3 is 9.47 Å². The molecule has 0 aliphatic rings. The lowest BCUT2D eigenvalue weighted by Gasteiger charge is -2.11. The summed E-state index contributed by atoms with van der Waals surface area (Å²) < 4.78 is 10.5. The minimum atomic E-state index is -0.150. The smallest absolute Gasteiger partial charge is 0.118 e. The molecule has 0 amide bonds. The normalized spacial score (nSPS) is 11.2. The van der Waals surface area contributed by atoms with Crippen LogP contribution < -0.4 is 14.9 Å². The van der Waals surface area contributed by atoms with Crippen molar-refractivity contribution >= 4 is 12.1 Å². The highest BCUT2D eigenvalue weighted by molar-refractivity contribution is 6.13. The highest BCUT2D eigenvalue weighted by Gasteiger charge is 2.08. The maximum atomic E-state index is 5.23. The van der Waals surface area contributed by atoms with Gasteiger partial charge >= 0.3 is 0 Å². The van der Waals surface area contributed by atoms with E-state index in [1.54, 1.807) is 20.6 Å². The van der Waals surface area contributed by atoms with Crippen molar-refractivity contribution in [2.75, 3.05) is 14.2 Å². The van der Waals surface area contributed by atoms with Crippen LogP contribution in [0.3, 0.4) is 0 Å². The molecule has 25 heavy (non-hydrogen) atoms. The zero-order valence-corrected chi connectivity index (χ0v) is 15.4. The first-order valence-electron chi connectivity index (χ1n) is 8.09. The quantitative estimate of drug-likeness (QED) is 0.494. The summed E-state index contributed by atoms with van der Waals surface area (Å²) in [5.41, 5.74) is 5.54. The Morgan fingerprint density at radius 3 is 1.64 bits per heavy atom. The van der Waals surface area contributed by atoms with E-state index in [4.69, 9.17) is 9.47 Å². The van der Waals surface area contributed by atoms with E-state index in [-0.39, 0.29) is 5.54 Å². The van der Waals surface area contributed by atoms with Gasteiger partial charge in [0, 0.05) is 11.1 Å². The van der Waals surface area contributed by atoms with Gasteiger partial charge in [0.2, 0.25) is 0 Å². The van der Waals surface area contributed by atoms with E-state index >= 15 is 0 Å². The maximum Gasteiger partial charge on any atom is 0.118 e. The van der Waals surface area contributed by atoms with E-state index in [1.807, 2.05) is 69.3 Å². The van der Waals surface area contributed by atoms with Crippen molar-refractivity contribution in [1.82, 2.24) is 5.43 Å². The first-order chi connectivity index (χ1) is 11.9. The third-order valence-corrected chi connectivity index (χ3v) is 3.41. The zero-order chi connectivity index (χ0) is 18.3. The number of nitrogens with one attached hydrogen (secondary N) is 1. The van der Waals surface area contributed by atoms with Crippen LogP contribution in [0, 0.1) is 0 Å². The molecule has 132 valence electrons. The average Bonchev–Trinajstić information content (AvgIpc) is 2.61. The van der Waals surface area contributed by atoms with Crippen LogP contribution in [0.5, 0.6) is 11.5 Å². The van der Waals surface area contributed by atoms with Gasteiger partial charge in [-0.2, -0.15) is 5.10 Å². The number of benzene rings is 2. The maximum absolute atomic E-state index is 5.23. The van der Waals surface area contributed by atoms with E-state index in [0.29, 0.717) is 0 Å². The Labute approximate surface area is 149 Å². The van der Waals surface area contributed by atoms with Gasteiger partial charge in [0.25, 0.3) is 0 Å². The number of nitrogens with zero attached hydrogens (tertiary/aromatic N) is 2. The molecule has 0 aromatic heterocycles. The minimum Gasteiger partial charge on any atom is -0.497 e. The van der Waals surface area contributed by atoms with Crippen molar-refractivity contribution in [2.24, 2.45) is 10.1 Å². The topological polar surface area (TPSA) is 55.2 Å². The molecule has 0 radical (unpaired) electrons. The summed E-state index contributed by atoms with van der Waals surface area (Å²) in [5.74, 6) is 1.61. The lowest BCUT2D eigenvalue weighted by Crippen LogP contribution is -2.16. The lowest BCUT2D eigenvalue weighted by atomic mass is 10.0. The molecule has 0 fully saturated rings. The van der Waals surface area contributed by atoms with Crippen LogP contribution in [0.15, 0.2) is 58.6 Å². The standard InChI is InChI=1S/C20H25N3O2/c1-20(2,3)21-14-22-23-19(15-6-10-17(24-4)11-7-15)16-8-12-18(25-5)13-9-16/h6-14H,1-5H3,(H,21,22). The highest BCUT2D eigenvalue weighted by Crippen LogP contribution is 2.18. The number of methoxy groups -OCH3 is 2. The molecule has 2 rings (SSSR count). The van der Waals surface area contributed by atoms with Crippen molar-refractivity contribution < 1.29 is 9.47 Å². The van der Waals surface area contributed by atoms with Crippen LogP contribution in [-0.4, -0.2) is 31.8 Å². The van der Waals surface area contributed by atoms with E-state index in [2.05, 4.69) is 15.5 Å². The molecule has 0 atom stereocenters. The molecule has 0 heterocycles. The molecule has 0 saturated heterocycles. The van der Waals surface area contributed by atoms with Crippen LogP contribution >= 0.6 is 0 Å². The van der Waals surface area contributed by atoms with Gasteiger partial charge in [0.1, 0.15) is 17.8 Å². The number of aliphatic imine (C=N–C) groups is 1. The Morgan fingerprint density at radius 2 is 1.28 bits per heavy atom. The Balaban J connectivity index is 2.33. The van der Waals surface area contributed by atoms with E-state index in [1.165, 1.54) is 0 Å². The molecule has 0 aliphatic carbocycles. The SMILES string of the molecule is COc1ccc(C(=NNC=NC(C)(C)C)c2ccc(OC)cc2)cc1. The number of rotatable bonds is 6. The highest BCUT2D eigenvalue weighted by atomic mass is 16.5. The average molecular weight is 339 g/mol. The van der Waals surface area contributed by atoms with Crippen LogP contribution in [0.4, 0.5) is 0 Å². The molecule has 2 aromatic carbocycles. The van der Waals surface area contributed by atoms with Crippen molar-refractivity contribution in [3.05, 3.63) is 59.7 Å². The van der Waals surface area contributed by atoms with Crippen molar-refractivity contribution in [1.29, 1.82) is 0 Å². The van der Waals surface area contributed by atoms with Gasteiger partial charge in [-0.15, -0.1) is 0 Å². The van der Waals surface area contributed by atoms with Crippen molar-refractivity contribution in [2.45, 2.75) is 26.3 Å². The second-order valence-corrected chi connectivity index (χ2v) is 6.48. The molecular formula is C20H25N3O2. The fraction of sp³-hybridized carbons (Fsp3) is 0.300. The first-order valence-corrected chi connectivity index (χ1v) is 8.09. The lowest BCUT2D eigenvalue weighted by molar-refractivity contribution is 0.414. The molecule has 5 nitrogen and oxygen atoms in total. The van der Waals surface area contributed by atoms with E-state index in [9.17, 15) is 0 Å². The van der Waals surface area contributed by atoms with Crippen LogP contribution in [-0.2, 0) is 0 Å². The molecule has 1 N–H and O–H groups in total. The number of hydrogen-bond acceptors (Lipinski definition) is 4. The summed E-state index contributed by atoms with van der Waals surface area (Å²) in [6.45, 7) is 6.09. The summed E-state index contributed by atoms with van der Waals surface area (Å²) >= 11 is 0. The first kappa shape index (κ1) is 18.5. The van der Waals surface area contributed by atoms with Gasteiger partial charge in [0.15, 0.2) is 0 Å². The van der Waals surface area contributed by atoms with Gasteiger partial charge in [-0.1, -0.05) is 0 Å². The summed E-state index contributed by atoms with van der Waals surface area (Å²) in [6, 6.07) is 15.6. The predicted octanol–water partition coefficient (Wildman–Crippen LogP) is 3.87. The molecule has 0 saturated carbocycles.